The van der Waals surface area contributed by atoms with Crippen molar-refractivity contribution in [2.45, 2.75) is 27.1 Å². The maximum atomic E-state index is 10.6. The van der Waals surface area contributed by atoms with Crippen molar-refractivity contribution in [3.05, 3.63) is 0 Å². The van der Waals surface area contributed by atoms with E-state index in [-0.39, 0.29) is 24.3 Å². The van der Waals surface area contributed by atoms with Crippen molar-refractivity contribution in [3.8, 4) is 0 Å². The average molecular weight is 144 g/mol. The van der Waals surface area contributed by atoms with Gasteiger partial charge in [0.15, 0.2) is 0 Å². The fourth-order valence-electron chi connectivity index (χ4n) is 0.758. The molecule has 0 bridgehead atoms. The lowest BCUT2D eigenvalue weighted by Gasteiger charge is -2.23. The molecule has 10 heavy (non-hydrogen) atoms. The molecule has 0 N–H and O–H groups in total. The summed E-state index contributed by atoms with van der Waals surface area (Å²) in [5.41, 5.74) is -0.105. The van der Waals surface area contributed by atoms with Gasteiger partial charge in [-0.05, 0) is 0 Å². The van der Waals surface area contributed by atoms with Crippen LogP contribution in [0.1, 0.15) is 20.8 Å². The molecule has 1 atom stereocenters. The Morgan fingerprint density at radius 2 is 2.10 bits per heavy atom. The van der Waals surface area contributed by atoms with Gasteiger partial charge in [0, 0.05) is 5.41 Å². The predicted molar refractivity (Wildman–Crippen MR) is 35.3 cm³/mol. The largest absolute Gasteiger partial charge is 0.433 e. The summed E-state index contributed by atoms with van der Waals surface area (Å²) < 4.78 is 9.92. The summed E-state index contributed by atoms with van der Waals surface area (Å²) in [5.74, 6) is -0.264. The highest BCUT2D eigenvalue weighted by Crippen LogP contribution is 2.26. The van der Waals surface area contributed by atoms with Gasteiger partial charge in [-0.3, -0.25) is 0 Å². The molecule has 1 heterocycles. The van der Waals surface area contributed by atoms with Gasteiger partial charge in [-0.1, -0.05) is 20.8 Å². The van der Waals surface area contributed by atoms with E-state index in [1.54, 1.807) is 0 Å². The minimum Gasteiger partial charge on any atom is -0.433 e. The Kier molecular flexibility index (Phi) is 1.68. The molecule has 1 unspecified atom stereocenters. The molecule has 1 saturated heterocycles. The van der Waals surface area contributed by atoms with Crippen LogP contribution in [0.4, 0.5) is 0 Å². The van der Waals surface area contributed by atoms with E-state index in [1.807, 2.05) is 20.8 Å². The van der Waals surface area contributed by atoms with Crippen LogP contribution in [0.2, 0.25) is 0 Å². The van der Waals surface area contributed by atoms with Crippen molar-refractivity contribution >= 4 is 5.97 Å². The fourth-order valence-corrected chi connectivity index (χ4v) is 0.758. The number of esters is 1. The van der Waals surface area contributed by atoms with Crippen molar-refractivity contribution < 1.29 is 14.3 Å². The van der Waals surface area contributed by atoms with Crippen molar-refractivity contribution in [2.75, 3.05) is 6.61 Å². The Morgan fingerprint density at radius 3 is 2.30 bits per heavy atom. The van der Waals surface area contributed by atoms with Gasteiger partial charge in [0.25, 0.3) is 0 Å². The van der Waals surface area contributed by atoms with Crippen molar-refractivity contribution in [3.63, 3.8) is 0 Å². The summed E-state index contributed by atoms with van der Waals surface area (Å²) in [6.07, 6.45) is -0.361. The molecule has 1 aliphatic heterocycles. The molecule has 0 radical (unpaired) electrons. The van der Waals surface area contributed by atoms with E-state index in [0.717, 1.165) is 0 Å². The van der Waals surface area contributed by atoms with Crippen LogP contribution in [-0.2, 0) is 14.3 Å². The van der Waals surface area contributed by atoms with Crippen LogP contribution in [-0.4, -0.2) is 18.9 Å². The molecule has 3 nitrogen and oxygen atoms in total. The van der Waals surface area contributed by atoms with Crippen molar-refractivity contribution in [1.82, 2.24) is 0 Å². The van der Waals surface area contributed by atoms with Crippen molar-refractivity contribution in [1.29, 1.82) is 0 Å². The summed E-state index contributed by atoms with van der Waals surface area (Å²) in [6.45, 7) is 6.00. The number of carbonyl (C=O) groups excluding carboxylic acids is 1. The Bertz CT molecular complexity index is 145. The van der Waals surface area contributed by atoms with Crippen LogP contribution in [0.25, 0.3) is 0 Å². The Morgan fingerprint density at radius 1 is 1.50 bits per heavy atom. The standard InChI is InChI=1S/C7H12O3/c1-7(2,3)6-9-4-5(8)10-6/h6H,4H2,1-3H3. The third-order valence-corrected chi connectivity index (χ3v) is 1.30. The van der Waals surface area contributed by atoms with E-state index in [0.29, 0.717) is 0 Å². The topological polar surface area (TPSA) is 35.5 Å². The first-order chi connectivity index (χ1) is 4.50. The molecular weight excluding hydrogens is 132 g/mol. The van der Waals surface area contributed by atoms with Crippen LogP contribution in [0, 0.1) is 5.41 Å². The fraction of sp³-hybridized carbons (Fsp3) is 0.857. The van der Waals surface area contributed by atoms with Gasteiger partial charge in [0.2, 0.25) is 6.29 Å². The number of carbonyl (C=O) groups is 1. The highest BCUT2D eigenvalue weighted by atomic mass is 16.7. The molecule has 0 aromatic heterocycles. The zero-order valence-electron chi connectivity index (χ0n) is 6.51. The minimum absolute atomic E-state index is 0.0991. The number of hydrogen-bond donors (Lipinski definition) is 0. The van der Waals surface area contributed by atoms with Gasteiger partial charge in [-0.25, -0.2) is 4.79 Å². The molecule has 0 saturated carbocycles. The van der Waals surface area contributed by atoms with Crippen LogP contribution >= 0.6 is 0 Å². The molecule has 0 amide bonds. The van der Waals surface area contributed by atoms with E-state index < -0.39 is 0 Å². The van der Waals surface area contributed by atoms with Gasteiger partial charge in [0.05, 0.1) is 0 Å². The van der Waals surface area contributed by atoms with Crippen LogP contribution in [0.5, 0.6) is 0 Å². The number of hydrogen-bond acceptors (Lipinski definition) is 3. The second kappa shape index (κ2) is 2.23. The first-order valence-electron chi connectivity index (χ1n) is 3.31. The van der Waals surface area contributed by atoms with Gasteiger partial charge in [-0.15, -0.1) is 0 Å². The van der Waals surface area contributed by atoms with Crippen molar-refractivity contribution in [2.24, 2.45) is 5.41 Å². The first-order valence-corrected chi connectivity index (χ1v) is 3.31. The van der Waals surface area contributed by atoms with Gasteiger partial charge in [-0.2, -0.15) is 0 Å². The number of ether oxygens (including phenoxy) is 2. The summed E-state index contributed by atoms with van der Waals surface area (Å²) in [7, 11) is 0. The first kappa shape index (κ1) is 7.54. The summed E-state index contributed by atoms with van der Waals surface area (Å²) >= 11 is 0. The molecule has 0 aromatic rings. The van der Waals surface area contributed by atoms with E-state index in [2.05, 4.69) is 0 Å². The minimum atomic E-state index is -0.361. The molecule has 1 aliphatic rings. The van der Waals surface area contributed by atoms with Crippen LogP contribution in [0.3, 0.4) is 0 Å². The molecule has 1 rings (SSSR count). The van der Waals surface area contributed by atoms with Crippen LogP contribution in [0.15, 0.2) is 0 Å². The third kappa shape index (κ3) is 1.48. The van der Waals surface area contributed by atoms with E-state index in [1.165, 1.54) is 0 Å². The lowest BCUT2D eigenvalue weighted by Crippen LogP contribution is -2.27. The SMILES string of the molecule is CC(C)(C)C1OCC(=O)O1. The highest BCUT2D eigenvalue weighted by molar-refractivity contribution is 5.72. The lowest BCUT2D eigenvalue weighted by molar-refractivity contribution is -0.154. The summed E-state index contributed by atoms with van der Waals surface area (Å²) in [4.78, 5) is 10.6. The molecule has 58 valence electrons. The summed E-state index contributed by atoms with van der Waals surface area (Å²) in [5, 5.41) is 0. The van der Waals surface area contributed by atoms with E-state index >= 15 is 0 Å². The zero-order valence-corrected chi connectivity index (χ0v) is 6.51. The smallest absolute Gasteiger partial charge is 0.334 e. The molecular formula is C7H12O3. The third-order valence-electron chi connectivity index (χ3n) is 1.30. The van der Waals surface area contributed by atoms with Gasteiger partial charge >= 0.3 is 5.97 Å². The quantitative estimate of drug-likeness (QED) is 0.474. The molecule has 0 spiro atoms. The monoisotopic (exact) mass is 144 g/mol. The molecule has 0 aliphatic carbocycles. The zero-order chi connectivity index (χ0) is 7.78. The predicted octanol–water partition coefficient (Wildman–Crippen LogP) is 0.932. The lowest BCUT2D eigenvalue weighted by atomic mass is 9.96. The Hall–Kier alpha value is -0.570. The Balaban J connectivity index is 2.53. The van der Waals surface area contributed by atoms with E-state index in [4.69, 9.17) is 9.47 Å². The van der Waals surface area contributed by atoms with Gasteiger partial charge in [0.1, 0.15) is 6.61 Å². The normalized spacial score (nSPS) is 26.7. The number of rotatable bonds is 0. The Labute approximate surface area is 60.3 Å². The van der Waals surface area contributed by atoms with Gasteiger partial charge < -0.3 is 9.47 Å². The second-order valence-electron chi connectivity index (χ2n) is 3.50. The maximum absolute atomic E-state index is 10.6. The molecule has 0 aromatic carbocycles. The second-order valence-corrected chi connectivity index (χ2v) is 3.50. The number of cyclic esters (lactones) is 1. The average Bonchev–Trinajstić information content (AvgIpc) is 2.11. The molecule has 3 heteroatoms. The summed E-state index contributed by atoms with van der Waals surface area (Å²) in [6, 6.07) is 0. The van der Waals surface area contributed by atoms with E-state index in [9.17, 15) is 4.79 Å². The maximum Gasteiger partial charge on any atom is 0.334 e. The highest BCUT2D eigenvalue weighted by Gasteiger charge is 2.34. The van der Waals surface area contributed by atoms with Crippen LogP contribution < -0.4 is 0 Å². The molecule has 1 fully saturated rings.